The molecule has 0 aromatic carbocycles. The van der Waals surface area contributed by atoms with Crippen LogP contribution in [0.5, 0.6) is 0 Å². The molecule has 0 spiro atoms. The van der Waals surface area contributed by atoms with Crippen LogP contribution in [0.25, 0.3) is 0 Å². The minimum absolute atomic E-state index is 0.113. The zero-order valence-electron chi connectivity index (χ0n) is 8.25. The molecule has 0 aromatic rings. The highest BCUT2D eigenvalue weighted by Crippen LogP contribution is 2.05. The Balaban J connectivity index is 3.06. The third-order valence-corrected chi connectivity index (χ3v) is 1.76. The van der Waals surface area contributed by atoms with Gasteiger partial charge in [-0.15, -0.1) is 0 Å². The third-order valence-electron chi connectivity index (χ3n) is 1.76. The van der Waals surface area contributed by atoms with Crippen molar-refractivity contribution in [3.8, 4) is 0 Å². The van der Waals surface area contributed by atoms with Crippen molar-refractivity contribution in [3.05, 3.63) is 0 Å². The van der Waals surface area contributed by atoms with E-state index in [-0.39, 0.29) is 5.97 Å². The maximum absolute atomic E-state index is 10.9. The predicted octanol–water partition coefficient (Wildman–Crippen LogP) is 2.09. The Hall–Kier alpha value is -0.860. The molecular weight excluding hydrogens is 168 g/mol. The van der Waals surface area contributed by atoms with Crippen LogP contribution in [0.3, 0.4) is 0 Å². The lowest BCUT2D eigenvalue weighted by Crippen LogP contribution is -2.03. The van der Waals surface area contributed by atoms with E-state index in [1.165, 1.54) is 0 Å². The maximum atomic E-state index is 10.9. The maximum Gasteiger partial charge on any atom is 0.305 e. The summed E-state index contributed by atoms with van der Waals surface area (Å²) >= 11 is 0. The van der Waals surface area contributed by atoms with Crippen molar-refractivity contribution in [2.45, 2.75) is 45.4 Å². The molecule has 0 aliphatic carbocycles. The molecule has 0 saturated carbocycles. The Kier molecular flexibility index (Phi) is 8.62. The largest absolute Gasteiger partial charge is 0.466 e. The van der Waals surface area contributed by atoms with Gasteiger partial charge in [0, 0.05) is 12.8 Å². The third kappa shape index (κ3) is 9.05. The molecule has 0 radical (unpaired) electrons. The van der Waals surface area contributed by atoms with E-state index >= 15 is 0 Å². The standard InChI is InChI=1S/C10H18O3/c1-2-13-10(12)8-6-4-3-5-7-9-11/h9H,2-8H2,1H3. The molecule has 0 bridgehead atoms. The van der Waals surface area contributed by atoms with Gasteiger partial charge in [-0.1, -0.05) is 12.8 Å². The fourth-order valence-corrected chi connectivity index (χ4v) is 1.08. The van der Waals surface area contributed by atoms with Crippen molar-refractivity contribution >= 4 is 12.3 Å². The minimum atomic E-state index is -0.113. The summed E-state index contributed by atoms with van der Waals surface area (Å²) in [5, 5.41) is 0. The van der Waals surface area contributed by atoms with Crippen LogP contribution in [-0.2, 0) is 14.3 Å². The Morgan fingerprint density at radius 3 is 2.54 bits per heavy atom. The van der Waals surface area contributed by atoms with Gasteiger partial charge in [0.2, 0.25) is 0 Å². The summed E-state index contributed by atoms with van der Waals surface area (Å²) in [6, 6.07) is 0. The van der Waals surface area contributed by atoms with Gasteiger partial charge in [-0.25, -0.2) is 0 Å². The molecule has 0 fully saturated rings. The Morgan fingerprint density at radius 1 is 1.23 bits per heavy atom. The van der Waals surface area contributed by atoms with E-state index in [2.05, 4.69) is 0 Å². The van der Waals surface area contributed by atoms with E-state index in [1.807, 2.05) is 6.92 Å². The number of esters is 1. The minimum Gasteiger partial charge on any atom is -0.466 e. The van der Waals surface area contributed by atoms with Crippen LogP contribution >= 0.6 is 0 Å². The molecule has 0 amide bonds. The first kappa shape index (κ1) is 12.1. The fraction of sp³-hybridized carbons (Fsp3) is 0.800. The topological polar surface area (TPSA) is 43.4 Å². The van der Waals surface area contributed by atoms with Crippen LogP contribution in [0.15, 0.2) is 0 Å². The van der Waals surface area contributed by atoms with Gasteiger partial charge >= 0.3 is 5.97 Å². The van der Waals surface area contributed by atoms with E-state index in [1.54, 1.807) is 0 Å². The number of rotatable bonds is 8. The average Bonchev–Trinajstić information content (AvgIpc) is 2.11. The van der Waals surface area contributed by atoms with Crippen LogP contribution in [0.2, 0.25) is 0 Å². The zero-order chi connectivity index (χ0) is 9.94. The van der Waals surface area contributed by atoms with Crippen molar-refractivity contribution in [3.63, 3.8) is 0 Å². The number of unbranched alkanes of at least 4 members (excludes halogenated alkanes) is 4. The summed E-state index contributed by atoms with van der Waals surface area (Å²) < 4.78 is 4.77. The lowest BCUT2D eigenvalue weighted by molar-refractivity contribution is -0.143. The number of hydrogen-bond donors (Lipinski definition) is 0. The fourth-order valence-electron chi connectivity index (χ4n) is 1.08. The van der Waals surface area contributed by atoms with Crippen molar-refractivity contribution in [2.24, 2.45) is 0 Å². The normalized spacial score (nSPS) is 9.62. The molecular formula is C10H18O3. The number of carbonyl (C=O) groups excluding carboxylic acids is 2. The Bertz CT molecular complexity index is 143. The first-order chi connectivity index (χ1) is 6.31. The highest BCUT2D eigenvalue weighted by atomic mass is 16.5. The molecule has 0 aliphatic rings. The van der Waals surface area contributed by atoms with Crippen LogP contribution in [-0.4, -0.2) is 18.9 Å². The second kappa shape index (κ2) is 9.23. The Labute approximate surface area is 79.5 Å². The molecule has 0 N–H and O–H groups in total. The molecule has 76 valence electrons. The highest BCUT2D eigenvalue weighted by Gasteiger charge is 1.99. The summed E-state index contributed by atoms with van der Waals surface area (Å²) in [4.78, 5) is 20.8. The number of carbonyl (C=O) groups is 2. The highest BCUT2D eigenvalue weighted by molar-refractivity contribution is 5.69. The number of ether oxygens (including phenoxy) is 1. The lowest BCUT2D eigenvalue weighted by Gasteiger charge is -2.00. The van der Waals surface area contributed by atoms with Crippen molar-refractivity contribution < 1.29 is 14.3 Å². The first-order valence-corrected chi connectivity index (χ1v) is 4.90. The SMILES string of the molecule is CCOC(=O)CCCCCCC=O. The van der Waals surface area contributed by atoms with Crippen LogP contribution in [0.4, 0.5) is 0 Å². The van der Waals surface area contributed by atoms with Gasteiger partial charge in [0.1, 0.15) is 6.29 Å². The van der Waals surface area contributed by atoms with Gasteiger partial charge in [-0.05, 0) is 19.8 Å². The molecule has 0 aromatic heterocycles. The zero-order valence-corrected chi connectivity index (χ0v) is 8.25. The molecule has 13 heavy (non-hydrogen) atoms. The van der Waals surface area contributed by atoms with Crippen molar-refractivity contribution in [1.82, 2.24) is 0 Å². The summed E-state index contributed by atoms with van der Waals surface area (Å²) in [7, 11) is 0. The van der Waals surface area contributed by atoms with E-state index < -0.39 is 0 Å². The van der Waals surface area contributed by atoms with Gasteiger partial charge in [-0.3, -0.25) is 4.79 Å². The summed E-state index contributed by atoms with van der Waals surface area (Å²) in [5.74, 6) is -0.113. The molecule has 0 unspecified atom stereocenters. The first-order valence-electron chi connectivity index (χ1n) is 4.90. The molecule has 0 aliphatic heterocycles. The molecule has 3 heteroatoms. The van der Waals surface area contributed by atoms with Crippen LogP contribution in [0, 0.1) is 0 Å². The predicted molar refractivity (Wildman–Crippen MR) is 50.4 cm³/mol. The molecule has 0 saturated heterocycles. The number of hydrogen-bond acceptors (Lipinski definition) is 3. The molecule has 0 heterocycles. The van der Waals surface area contributed by atoms with E-state index in [0.717, 1.165) is 32.0 Å². The molecule has 0 rings (SSSR count). The summed E-state index contributed by atoms with van der Waals surface area (Å²) in [6.07, 6.45) is 5.93. The second-order valence-electron chi connectivity index (χ2n) is 2.92. The van der Waals surface area contributed by atoms with Gasteiger partial charge in [0.25, 0.3) is 0 Å². The lowest BCUT2D eigenvalue weighted by atomic mass is 10.1. The monoisotopic (exact) mass is 186 g/mol. The van der Waals surface area contributed by atoms with E-state index in [0.29, 0.717) is 19.4 Å². The smallest absolute Gasteiger partial charge is 0.305 e. The van der Waals surface area contributed by atoms with Crippen molar-refractivity contribution in [1.29, 1.82) is 0 Å². The van der Waals surface area contributed by atoms with Gasteiger partial charge < -0.3 is 9.53 Å². The summed E-state index contributed by atoms with van der Waals surface area (Å²) in [5.41, 5.74) is 0. The van der Waals surface area contributed by atoms with Gasteiger partial charge in [0.05, 0.1) is 6.61 Å². The molecule has 0 atom stereocenters. The molecule has 3 nitrogen and oxygen atoms in total. The van der Waals surface area contributed by atoms with Crippen LogP contribution < -0.4 is 0 Å². The van der Waals surface area contributed by atoms with E-state index in [4.69, 9.17) is 4.74 Å². The quantitative estimate of drug-likeness (QED) is 0.331. The van der Waals surface area contributed by atoms with E-state index in [9.17, 15) is 9.59 Å². The summed E-state index contributed by atoms with van der Waals surface area (Å²) in [6.45, 7) is 2.27. The van der Waals surface area contributed by atoms with Gasteiger partial charge in [-0.2, -0.15) is 0 Å². The second-order valence-corrected chi connectivity index (χ2v) is 2.92. The Morgan fingerprint density at radius 2 is 1.92 bits per heavy atom. The van der Waals surface area contributed by atoms with Gasteiger partial charge in [0.15, 0.2) is 0 Å². The van der Waals surface area contributed by atoms with Crippen LogP contribution in [0.1, 0.15) is 45.4 Å². The van der Waals surface area contributed by atoms with Crippen molar-refractivity contribution in [2.75, 3.05) is 6.61 Å². The average molecular weight is 186 g/mol. The number of aldehydes is 1.